The van der Waals surface area contributed by atoms with E-state index in [1.807, 2.05) is 6.92 Å². The second kappa shape index (κ2) is 11.9. The Kier molecular flexibility index (Phi) is 11.2. The highest BCUT2D eigenvalue weighted by Crippen LogP contribution is 2.42. The van der Waals surface area contributed by atoms with Crippen LogP contribution in [0, 0.1) is 0 Å². The van der Waals surface area contributed by atoms with Crippen LogP contribution in [0.3, 0.4) is 0 Å². The molecule has 11 nitrogen and oxygen atoms in total. The third-order valence-corrected chi connectivity index (χ3v) is 2.88. The predicted octanol–water partition coefficient (Wildman–Crippen LogP) is 0.0726. The molecule has 0 spiro atoms. The number of carbonyl (C=O) groups is 3. The van der Waals surface area contributed by atoms with Gasteiger partial charge in [0.15, 0.2) is 6.10 Å². The van der Waals surface area contributed by atoms with Crippen LogP contribution in [0.1, 0.15) is 27.2 Å². The van der Waals surface area contributed by atoms with E-state index in [2.05, 4.69) is 13.9 Å². The Hall–Kier alpha value is -1.52. The fraction of sp³-hybridized carbons (Fsp3) is 0.750. The number of nitrogens with one attached hydrogen (secondary N) is 1. The number of hydroxylamine groups is 1. The molecule has 2 atom stereocenters. The molecule has 0 aliphatic carbocycles. The van der Waals surface area contributed by atoms with Crippen LogP contribution in [0.25, 0.3) is 0 Å². The van der Waals surface area contributed by atoms with Crippen LogP contribution in [0.5, 0.6) is 0 Å². The van der Waals surface area contributed by atoms with Gasteiger partial charge in [0.2, 0.25) is 0 Å². The summed E-state index contributed by atoms with van der Waals surface area (Å²) < 4.78 is 34.7. The van der Waals surface area contributed by atoms with Gasteiger partial charge < -0.3 is 19.1 Å². The lowest BCUT2D eigenvalue weighted by Crippen LogP contribution is -2.30. The second-order valence-electron chi connectivity index (χ2n) is 4.47. The first kappa shape index (κ1) is 22.5. The van der Waals surface area contributed by atoms with Crippen LogP contribution in [0.4, 0.5) is 0 Å². The molecule has 1 unspecified atom stereocenters. The zero-order valence-electron chi connectivity index (χ0n) is 13.7. The molecule has 12 heteroatoms. The largest absolute Gasteiger partial charge is 0.493 e. The van der Waals surface area contributed by atoms with Gasteiger partial charge in [-0.2, -0.15) is 4.62 Å². The van der Waals surface area contributed by atoms with Crippen LogP contribution in [-0.2, 0) is 42.3 Å². The molecule has 0 heterocycles. The van der Waals surface area contributed by atoms with Crippen molar-refractivity contribution in [2.45, 2.75) is 33.3 Å². The Morgan fingerprint density at radius 3 is 2.38 bits per heavy atom. The summed E-state index contributed by atoms with van der Waals surface area (Å²) in [5.41, 5.74) is 1.70. The van der Waals surface area contributed by atoms with Crippen molar-refractivity contribution >= 4 is 25.7 Å². The fourth-order valence-electron chi connectivity index (χ4n) is 1.21. The Balaban J connectivity index is 4.28. The van der Waals surface area contributed by atoms with Crippen LogP contribution < -0.4 is 5.48 Å². The van der Waals surface area contributed by atoms with E-state index in [9.17, 15) is 23.8 Å². The number of amides is 1. The van der Waals surface area contributed by atoms with E-state index in [1.54, 1.807) is 5.48 Å². The molecule has 0 aliphatic heterocycles. The average Bonchev–Trinajstić information content (AvgIpc) is 2.48. The highest BCUT2D eigenvalue weighted by atomic mass is 31.2. The van der Waals surface area contributed by atoms with E-state index in [0.717, 1.165) is 13.8 Å². The van der Waals surface area contributed by atoms with Gasteiger partial charge in [-0.25, -0.2) is 10.0 Å². The maximum atomic E-state index is 11.6. The summed E-state index contributed by atoms with van der Waals surface area (Å²) in [7, 11) is -4.65. The molecule has 0 aliphatic rings. The molecule has 0 bridgehead atoms. The number of rotatable bonds is 12. The van der Waals surface area contributed by atoms with E-state index in [4.69, 9.17) is 9.47 Å². The number of ether oxygens (including phenoxy) is 3. The molecular formula is C12H22NO10P. The van der Waals surface area contributed by atoms with Gasteiger partial charge in [0, 0.05) is 20.5 Å². The molecule has 0 fully saturated rings. The van der Waals surface area contributed by atoms with Gasteiger partial charge in [-0.15, -0.1) is 0 Å². The minimum Gasteiger partial charge on any atom is -0.462 e. The zero-order chi connectivity index (χ0) is 18.6. The van der Waals surface area contributed by atoms with E-state index in [-0.39, 0.29) is 13.2 Å². The molecule has 0 radical (unpaired) electrons. The van der Waals surface area contributed by atoms with Crippen LogP contribution in [-0.4, -0.2) is 55.3 Å². The predicted molar refractivity (Wildman–Crippen MR) is 78.3 cm³/mol. The quantitative estimate of drug-likeness (QED) is 0.209. The van der Waals surface area contributed by atoms with Gasteiger partial charge in [-0.05, 0) is 6.42 Å². The molecule has 24 heavy (non-hydrogen) atoms. The molecule has 0 aromatic carbocycles. The Bertz CT molecular complexity index is 469. The topological polar surface area (TPSA) is 147 Å². The lowest BCUT2D eigenvalue weighted by atomic mass is 10.4. The van der Waals surface area contributed by atoms with Crippen molar-refractivity contribution < 1.29 is 47.2 Å². The maximum Gasteiger partial charge on any atom is 0.493 e. The number of phosphoric ester groups is 1. The molecule has 0 aromatic rings. The van der Waals surface area contributed by atoms with Gasteiger partial charge in [0.25, 0.3) is 5.91 Å². The van der Waals surface area contributed by atoms with Gasteiger partial charge in [-0.1, -0.05) is 6.92 Å². The van der Waals surface area contributed by atoms with E-state index < -0.39 is 38.4 Å². The summed E-state index contributed by atoms with van der Waals surface area (Å²) in [6.07, 6.45) is -0.408. The van der Waals surface area contributed by atoms with Crippen LogP contribution in [0.15, 0.2) is 0 Å². The molecule has 0 saturated carbocycles. The number of esters is 2. The summed E-state index contributed by atoms with van der Waals surface area (Å²) in [4.78, 5) is 42.3. The molecule has 1 amide bonds. The third-order valence-electron chi connectivity index (χ3n) is 2.09. The van der Waals surface area contributed by atoms with Crippen molar-refractivity contribution in [1.82, 2.24) is 5.48 Å². The van der Waals surface area contributed by atoms with Crippen molar-refractivity contribution in [2.24, 2.45) is 0 Å². The Morgan fingerprint density at radius 2 is 1.83 bits per heavy atom. The minimum absolute atomic E-state index is 0.348. The fourth-order valence-corrected chi connectivity index (χ4v) is 1.84. The first-order valence-corrected chi connectivity index (χ1v) is 8.49. The number of carbonyl (C=O) groups excluding carboxylic acids is 3. The molecule has 0 aromatic heterocycles. The summed E-state index contributed by atoms with van der Waals surface area (Å²) in [6.45, 7) is 3.12. The molecule has 2 N–H and O–H groups in total. The van der Waals surface area contributed by atoms with E-state index in [0.29, 0.717) is 13.0 Å². The Morgan fingerprint density at radius 1 is 1.17 bits per heavy atom. The van der Waals surface area contributed by atoms with Gasteiger partial charge in [0.1, 0.15) is 13.2 Å². The van der Waals surface area contributed by atoms with Crippen molar-refractivity contribution in [3.05, 3.63) is 0 Å². The SMILES string of the molecule is CCCOCC(=O)NOP(=O)(O)OC[C@@H](COC(C)=O)OC(C)=O. The minimum atomic E-state index is -4.65. The first-order chi connectivity index (χ1) is 11.2. The summed E-state index contributed by atoms with van der Waals surface area (Å²) in [5, 5.41) is 0. The summed E-state index contributed by atoms with van der Waals surface area (Å²) >= 11 is 0. The van der Waals surface area contributed by atoms with Gasteiger partial charge in [-0.3, -0.25) is 18.9 Å². The summed E-state index contributed by atoms with van der Waals surface area (Å²) in [6, 6.07) is 0. The van der Waals surface area contributed by atoms with Gasteiger partial charge >= 0.3 is 19.8 Å². The first-order valence-electron chi connectivity index (χ1n) is 6.99. The number of hydrogen-bond acceptors (Lipinski definition) is 9. The normalized spacial score (nSPS) is 14.3. The lowest BCUT2D eigenvalue weighted by molar-refractivity contribution is -0.158. The molecule has 0 saturated heterocycles. The van der Waals surface area contributed by atoms with E-state index in [1.165, 1.54) is 0 Å². The average molecular weight is 371 g/mol. The van der Waals surface area contributed by atoms with Crippen molar-refractivity contribution in [2.75, 3.05) is 26.4 Å². The van der Waals surface area contributed by atoms with Crippen molar-refractivity contribution in [3.8, 4) is 0 Å². The van der Waals surface area contributed by atoms with Crippen molar-refractivity contribution in [1.29, 1.82) is 0 Å². The smallest absolute Gasteiger partial charge is 0.462 e. The van der Waals surface area contributed by atoms with Crippen LogP contribution in [0.2, 0.25) is 0 Å². The highest BCUT2D eigenvalue weighted by Gasteiger charge is 2.26. The monoisotopic (exact) mass is 371 g/mol. The standard InChI is InChI=1S/C12H22NO10P/c1-4-5-19-8-12(16)13-23-24(17,18)21-7-11(22-10(3)15)6-20-9(2)14/h11H,4-8H2,1-3H3,(H,13,16)(H,17,18)/t11-/m1/s1. The Labute approximate surface area is 139 Å². The lowest BCUT2D eigenvalue weighted by Gasteiger charge is -2.18. The van der Waals surface area contributed by atoms with E-state index >= 15 is 0 Å². The van der Waals surface area contributed by atoms with Crippen LogP contribution >= 0.6 is 7.82 Å². The molecular weight excluding hydrogens is 349 g/mol. The van der Waals surface area contributed by atoms with Crippen molar-refractivity contribution in [3.63, 3.8) is 0 Å². The highest BCUT2D eigenvalue weighted by molar-refractivity contribution is 7.47. The number of hydrogen-bond donors (Lipinski definition) is 2. The maximum absolute atomic E-state index is 11.6. The second-order valence-corrected chi connectivity index (χ2v) is 5.85. The summed E-state index contributed by atoms with van der Waals surface area (Å²) in [5.74, 6) is -2.11. The molecule has 140 valence electrons. The third kappa shape index (κ3) is 13.0. The zero-order valence-corrected chi connectivity index (χ0v) is 14.6. The van der Waals surface area contributed by atoms with Gasteiger partial charge in [0.05, 0.1) is 6.61 Å². The number of phosphoric acid groups is 1. The molecule has 0 rings (SSSR count).